The van der Waals surface area contributed by atoms with Crippen LogP contribution >= 0.6 is 0 Å². The second-order valence-electron chi connectivity index (χ2n) is 5.51. The Balaban J connectivity index is 1.81. The maximum atomic E-state index is 13.1. The van der Waals surface area contributed by atoms with Crippen LogP contribution in [0.25, 0.3) is 0 Å². The Kier molecular flexibility index (Phi) is 6.56. The Hall–Kier alpha value is -1.71. The van der Waals surface area contributed by atoms with Crippen molar-refractivity contribution in [1.29, 1.82) is 0 Å². The van der Waals surface area contributed by atoms with Gasteiger partial charge in [0.05, 0.1) is 0 Å². The van der Waals surface area contributed by atoms with Crippen LogP contribution in [0, 0.1) is 5.82 Å². The smallest absolute Gasteiger partial charge is 0.123 e. The molecule has 0 fully saturated rings. The van der Waals surface area contributed by atoms with Gasteiger partial charge in [0, 0.05) is 19.6 Å². The van der Waals surface area contributed by atoms with Crippen LogP contribution in [0.4, 0.5) is 4.39 Å². The highest BCUT2D eigenvalue weighted by Gasteiger charge is 2.01. The average Bonchev–Trinajstić information content (AvgIpc) is 2.54. The fraction of sp³-hybridized carbons (Fsp3) is 0.368. The van der Waals surface area contributed by atoms with E-state index in [1.54, 1.807) is 12.1 Å². The summed E-state index contributed by atoms with van der Waals surface area (Å²) in [5.41, 5.74) is 3.57. The van der Waals surface area contributed by atoms with Crippen molar-refractivity contribution in [2.24, 2.45) is 0 Å². The predicted octanol–water partition coefficient (Wildman–Crippen LogP) is 3.96. The lowest BCUT2D eigenvalue weighted by atomic mass is 10.1. The summed E-state index contributed by atoms with van der Waals surface area (Å²) in [7, 11) is 0. The maximum absolute atomic E-state index is 13.1. The van der Waals surface area contributed by atoms with Crippen molar-refractivity contribution in [1.82, 2.24) is 10.2 Å². The van der Waals surface area contributed by atoms with E-state index in [9.17, 15) is 4.39 Å². The standard InChI is InChI=1S/C19H25FN2/c1-3-22(4-2)15-17-10-8-16(9-11-17)13-21-14-18-6-5-7-19(20)12-18/h5-12,21H,3-4,13-15H2,1-2H3. The van der Waals surface area contributed by atoms with Gasteiger partial charge in [0.15, 0.2) is 0 Å². The highest BCUT2D eigenvalue weighted by atomic mass is 19.1. The Labute approximate surface area is 133 Å². The van der Waals surface area contributed by atoms with Gasteiger partial charge in [0.2, 0.25) is 0 Å². The number of hydrogen-bond acceptors (Lipinski definition) is 2. The molecule has 2 aromatic rings. The molecule has 2 nitrogen and oxygen atoms in total. The number of nitrogens with zero attached hydrogens (tertiary/aromatic N) is 1. The molecule has 118 valence electrons. The zero-order valence-corrected chi connectivity index (χ0v) is 13.5. The first-order valence-electron chi connectivity index (χ1n) is 7.96. The zero-order valence-electron chi connectivity index (χ0n) is 13.5. The summed E-state index contributed by atoms with van der Waals surface area (Å²) < 4.78 is 13.1. The molecule has 1 N–H and O–H groups in total. The van der Waals surface area contributed by atoms with E-state index < -0.39 is 0 Å². The molecule has 0 heterocycles. The summed E-state index contributed by atoms with van der Waals surface area (Å²) in [6.45, 7) is 9.01. The molecule has 0 aliphatic rings. The molecule has 0 spiro atoms. The molecule has 2 rings (SSSR count). The normalized spacial score (nSPS) is 11.1. The van der Waals surface area contributed by atoms with E-state index in [1.807, 2.05) is 6.07 Å². The molecule has 0 unspecified atom stereocenters. The van der Waals surface area contributed by atoms with E-state index >= 15 is 0 Å². The second-order valence-corrected chi connectivity index (χ2v) is 5.51. The zero-order chi connectivity index (χ0) is 15.8. The number of halogens is 1. The molecule has 0 aliphatic heterocycles. The summed E-state index contributed by atoms with van der Waals surface area (Å²) in [6.07, 6.45) is 0. The molecular formula is C19H25FN2. The van der Waals surface area contributed by atoms with Crippen molar-refractivity contribution < 1.29 is 4.39 Å². The van der Waals surface area contributed by atoms with Gasteiger partial charge < -0.3 is 5.32 Å². The lowest BCUT2D eigenvalue weighted by Gasteiger charge is -2.18. The van der Waals surface area contributed by atoms with Gasteiger partial charge in [-0.25, -0.2) is 4.39 Å². The van der Waals surface area contributed by atoms with Gasteiger partial charge in [-0.2, -0.15) is 0 Å². The molecule has 0 saturated carbocycles. The third kappa shape index (κ3) is 5.24. The van der Waals surface area contributed by atoms with Gasteiger partial charge in [0.25, 0.3) is 0 Å². The van der Waals surface area contributed by atoms with E-state index in [1.165, 1.54) is 17.2 Å². The quantitative estimate of drug-likeness (QED) is 0.794. The van der Waals surface area contributed by atoms with Gasteiger partial charge in [-0.3, -0.25) is 4.90 Å². The van der Waals surface area contributed by atoms with Gasteiger partial charge in [0.1, 0.15) is 5.82 Å². The molecule has 2 aromatic carbocycles. The lowest BCUT2D eigenvalue weighted by molar-refractivity contribution is 0.296. The number of nitrogens with one attached hydrogen (secondary N) is 1. The molecule has 0 radical (unpaired) electrons. The van der Waals surface area contributed by atoms with Crippen molar-refractivity contribution in [3.05, 3.63) is 71.0 Å². The van der Waals surface area contributed by atoms with E-state index in [4.69, 9.17) is 0 Å². The monoisotopic (exact) mass is 300 g/mol. The van der Waals surface area contributed by atoms with Crippen LogP contribution in [-0.4, -0.2) is 18.0 Å². The summed E-state index contributed by atoms with van der Waals surface area (Å²) in [5.74, 6) is -0.181. The van der Waals surface area contributed by atoms with Gasteiger partial charge in [-0.05, 0) is 41.9 Å². The van der Waals surface area contributed by atoms with Gasteiger partial charge in [-0.1, -0.05) is 50.2 Å². The first-order chi connectivity index (χ1) is 10.7. The van der Waals surface area contributed by atoms with Crippen LogP contribution in [0.5, 0.6) is 0 Å². The number of benzene rings is 2. The SMILES string of the molecule is CCN(CC)Cc1ccc(CNCc2cccc(F)c2)cc1. The van der Waals surface area contributed by atoms with Crippen LogP contribution in [0.3, 0.4) is 0 Å². The van der Waals surface area contributed by atoms with Crippen molar-refractivity contribution in [2.45, 2.75) is 33.5 Å². The molecule has 0 aliphatic carbocycles. The third-order valence-corrected chi connectivity index (χ3v) is 3.87. The molecule has 3 heteroatoms. The van der Waals surface area contributed by atoms with E-state index in [0.717, 1.165) is 31.7 Å². The fourth-order valence-electron chi connectivity index (χ4n) is 2.47. The summed E-state index contributed by atoms with van der Waals surface area (Å²) in [5, 5.41) is 3.35. The third-order valence-electron chi connectivity index (χ3n) is 3.87. The molecule has 0 atom stereocenters. The predicted molar refractivity (Wildman–Crippen MR) is 90.0 cm³/mol. The molecule has 0 aromatic heterocycles. The second kappa shape index (κ2) is 8.66. The largest absolute Gasteiger partial charge is 0.309 e. The van der Waals surface area contributed by atoms with Crippen LogP contribution in [0.15, 0.2) is 48.5 Å². The molecule has 22 heavy (non-hydrogen) atoms. The highest BCUT2D eigenvalue weighted by Crippen LogP contribution is 2.08. The Morgan fingerprint density at radius 2 is 1.50 bits per heavy atom. The number of hydrogen-bond donors (Lipinski definition) is 1. The van der Waals surface area contributed by atoms with Crippen molar-refractivity contribution in [3.8, 4) is 0 Å². The molecule has 0 saturated heterocycles. The van der Waals surface area contributed by atoms with Crippen molar-refractivity contribution >= 4 is 0 Å². The number of rotatable bonds is 8. The first-order valence-corrected chi connectivity index (χ1v) is 7.96. The Bertz CT molecular complexity index is 562. The van der Waals surface area contributed by atoms with E-state index in [-0.39, 0.29) is 5.82 Å². The van der Waals surface area contributed by atoms with Crippen LogP contribution in [0.2, 0.25) is 0 Å². The van der Waals surface area contributed by atoms with Crippen molar-refractivity contribution in [2.75, 3.05) is 13.1 Å². The summed E-state index contributed by atoms with van der Waals surface area (Å²) in [4.78, 5) is 2.40. The topological polar surface area (TPSA) is 15.3 Å². The molecular weight excluding hydrogens is 275 g/mol. The Morgan fingerprint density at radius 3 is 2.14 bits per heavy atom. The molecule has 0 amide bonds. The minimum absolute atomic E-state index is 0.181. The summed E-state index contributed by atoms with van der Waals surface area (Å²) >= 11 is 0. The fourth-order valence-corrected chi connectivity index (χ4v) is 2.47. The van der Waals surface area contributed by atoms with Gasteiger partial charge >= 0.3 is 0 Å². The lowest BCUT2D eigenvalue weighted by Crippen LogP contribution is -2.22. The van der Waals surface area contributed by atoms with Gasteiger partial charge in [-0.15, -0.1) is 0 Å². The van der Waals surface area contributed by atoms with Crippen LogP contribution < -0.4 is 5.32 Å². The van der Waals surface area contributed by atoms with Crippen LogP contribution in [0.1, 0.15) is 30.5 Å². The minimum atomic E-state index is -0.181. The molecule has 0 bridgehead atoms. The van der Waals surface area contributed by atoms with Crippen molar-refractivity contribution in [3.63, 3.8) is 0 Å². The highest BCUT2D eigenvalue weighted by molar-refractivity contribution is 5.23. The van der Waals surface area contributed by atoms with Crippen LogP contribution in [-0.2, 0) is 19.6 Å². The first kappa shape index (κ1) is 16.7. The van der Waals surface area contributed by atoms with E-state index in [0.29, 0.717) is 6.54 Å². The maximum Gasteiger partial charge on any atom is 0.123 e. The average molecular weight is 300 g/mol. The van der Waals surface area contributed by atoms with E-state index in [2.05, 4.69) is 48.3 Å². The summed E-state index contributed by atoms with van der Waals surface area (Å²) in [6, 6.07) is 15.4. The minimum Gasteiger partial charge on any atom is -0.309 e. The Morgan fingerprint density at radius 1 is 0.864 bits per heavy atom.